The maximum Gasteiger partial charge on any atom is 0.323 e. The van der Waals surface area contributed by atoms with Gasteiger partial charge in [0.15, 0.2) is 0 Å². The molecule has 1 amide bonds. The van der Waals surface area contributed by atoms with Gasteiger partial charge in [-0.1, -0.05) is 33.6 Å². The summed E-state index contributed by atoms with van der Waals surface area (Å²) in [5.41, 5.74) is -1.04. The van der Waals surface area contributed by atoms with Gasteiger partial charge in [-0.15, -0.1) is 0 Å². The van der Waals surface area contributed by atoms with Gasteiger partial charge in [0.05, 0.1) is 6.54 Å². The highest BCUT2D eigenvalue weighted by Crippen LogP contribution is 2.09. The fourth-order valence-corrected chi connectivity index (χ4v) is 1.86. The second-order valence-electron chi connectivity index (χ2n) is 6.14. The van der Waals surface area contributed by atoms with Crippen LogP contribution in [-0.4, -0.2) is 35.1 Å². The Morgan fingerprint density at radius 2 is 1.80 bits per heavy atom. The first kappa shape index (κ1) is 18.9. The number of carboxylic acids is 1. The van der Waals surface area contributed by atoms with E-state index in [2.05, 4.69) is 24.5 Å². The summed E-state index contributed by atoms with van der Waals surface area (Å²) in [6.45, 7) is 9.76. The zero-order valence-electron chi connectivity index (χ0n) is 13.5. The minimum atomic E-state index is -1.04. The molecular formula is C15H30N2O3. The molecule has 0 aliphatic heterocycles. The highest BCUT2D eigenvalue weighted by atomic mass is 16.4. The summed E-state index contributed by atoms with van der Waals surface area (Å²) >= 11 is 0. The molecule has 0 radical (unpaired) electrons. The lowest BCUT2D eigenvalue weighted by atomic mass is 9.99. The topological polar surface area (TPSA) is 78.4 Å². The molecule has 0 saturated heterocycles. The van der Waals surface area contributed by atoms with Crippen LogP contribution in [0.25, 0.3) is 0 Å². The average Bonchev–Trinajstić information content (AvgIpc) is 2.35. The molecule has 0 saturated carbocycles. The van der Waals surface area contributed by atoms with Crippen LogP contribution in [-0.2, 0) is 9.59 Å². The maximum atomic E-state index is 11.8. The van der Waals surface area contributed by atoms with E-state index in [0.717, 1.165) is 19.3 Å². The van der Waals surface area contributed by atoms with Gasteiger partial charge in [0, 0.05) is 6.04 Å². The van der Waals surface area contributed by atoms with E-state index in [4.69, 9.17) is 5.11 Å². The molecule has 0 heterocycles. The van der Waals surface area contributed by atoms with E-state index >= 15 is 0 Å². The summed E-state index contributed by atoms with van der Waals surface area (Å²) < 4.78 is 0. The second kappa shape index (κ2) is 8.95. The van der Waals surface area contributed by atoms with Crippen LogP contribution in [0.2, 0.25) is 0 Å². The van der Waals surface area contributed by atoms with Crippen LogP contribution < -0.4 is 10.6 Å². The number of carboxylic acid groups (broad SMARTS) is 1. The largest absolute Gasteiger partial charge is 0.480 e. The van der Waals surface area contributed by atoms with Gasteiger partial charge in [0.1, 0.15) is 5.54 Å². The lowest BCUT2D eigenvalue weighted by molar-refractivity contribution is -0.144. The van der Waals surface area contributed by atoms with E-state index < -0.39 is 11.5 Å². The molecule has 0 aromatic carbocycles. The first-order valence-electron chi connectivity index (χ1n) is 7.49. The summed E-state index contributed by atoms with van der Waals surface area (Å²) in [6, 6.07) is 0.126. The fourth-order valence-electron chi connectivity index (χ4n) is 1.86. The van der Waals surface area contributed by atoms with Crippen LogP contribution in [0, 0.1) is 5.92 Å². The normalized spacial score (nSPS) is 15.7. The molecule has 5 nitrogen and oxygen atoms in total. The molecule has 118 valence electrons. The van der Waals surface area contributed by atoms with E-state index in [1.807, 2.05) is 6.92 Å². The van der Waals surface area contributed by atoms with Gasteiger partial charge in [-0.05, 0) is 32.6 Å². The smallest absolute Gasteiger partial charge is 0.323 e. The highest BCUT2D eigenvalue weighted by molar-refractivity contribution is 5.82. The first-order valence-corrected chi connectivity index (χ1v) is 7.49. The van der Waals surface area contributed by atoms with Crippen LogP contribution in [0.15, 0.2) is 0 Å². The molecule has 0 aromatic rings. The summed E-state index contributed by atoms with van der Waals surface area (Å²) in [7, 11) is 0. The number of hydrogen-bond acceptors (Lipinski definition) is 3. The van der Waals surface area contributed by atoms with Crippen molar-refractivity contribution in [2.24, 2.45) is 5.92 Å². The number of amides is 1. The van der Waals surface area contributed by atoms with E-state index in [1.165, 1.54) is 0 Å². The average molecular weight is 286 g/mol. The molecular weight excluding hydrogens is 256 g/mol. The Morgan fingerprint density at radius 1 is 1.20 bits per heavy atom. The fraction of sp³-hybridized carbons (Fsp3) is 0.867. The van der Waals surface area contributed by atoms with Crippen molar-refractivity contribution in [1.82, 2.24) is 10.6 Å². The number of carbonyl (C=O) groups excluding carboxylic acids is 1. The zero-order valence-corrected chi connectivity index (χ0v) is 13.5. The summed E-state index contributed by atoms with van der Waals surface area (Å²) in [6.07, 6.45) is 3.63. The van der Waals surface area contributed by atoms with Gasteiger partial charge in [-0.25, -0.2) is 0 Å². The van der Waals surface area contributed by atoms with Crippen molar-refractivity contribution >= 4 is 11.9 Å². The molecule has 2 unspecified atom stereocenters. The zero-order chi connectivity index (χ0) is 15.8. The van der Waals surface area contributed by atoms with Crippen molar-refractivity contribution in [3.8, 4) is 0 Å². The number of hydrogen-bond donors (Lipinski definition) is 3. The number of aliphatic carboxylic acids is 1. The Kier molecular flexibility index (Phi) is 8.46. The van der Waals surface area contributed by atoms with Gasteiger partial charge in [-0.3, -0.25) is 14.9 Å². The van der Waals surface area contributed by atoms with Gasteiger partial charge >= 0.3 is 5.97 Å². The highest BCUT2D eigenvalue weighted by Gasteiger charge is 2.30. The van der Waals surface area contributed by atoms with Crippen molar-refractivity contribution in [2.45, 2.75) is 71.9 Å². The summed E-state index contributed by atoms with van der Waals surface area (Å²) in [5.74, 6) is -0.402. The van der Waals surface area contributed by atoms with Crippen molar-refractivity contribution in [2.75, 3.05) is 6.54 Å². The van der Waals surface area contributed by atoms with Gasteiger partial charge in [0.25, 0.3) is 0 Å². The Morgan fingerprint density at radius 3 is 2.25 bits per heavy atom. The Bertz CT molecular complexity index is 318. The lowest BCUT2D eigenvalue weighted by Gasteiger charge is -2.24. The van der Waals surface area contributed by atoms with Crippen LogP contribution >= 0.6 is 0 Å². The third-order valence-electron chi connectivity index (χ3n) is 3.64. The summed E-state index contributed by atoms with van der Waals surface area (Å²) in [4.78, 5) is 22.9. The Hall–Kier alpha value is -1.10. The monoisotopic (exact) mass is 286 g/mol. The van der Waals surface area contributed by atoms with Crippen molar-refractivity contribution < 1.29 is 14.7 Å². The first-order chi connectivity index (χ1) is 9.21. The molecule has 0 rings (SSSR count). The van der Waals surface area contributed by atoms with Gasteiger partial charge < -0.3 is 10.4 Å². The minimum absolute atomic E-state index is 0.0329. The predicted molar refractivity (Wildman–Crippen MR) is 80.6 cm³/mol. The summed E-state index contributed by atoms with van der Waals surface area (Å²) in [5, 5.41) is 14.8. The second-order valence-corrected chi connectivity index (χ2v) is 6.14. The Balaban J connectivity index is 4.01. The van der Waals surface area contributed by atoms with Crippen molar-refractivity contribution in [1.29, 1.82) is 0 Å². The van der Waals surface area contributed by atoms with Gasteiger partial charge in [-0.2, -0.15) is 0 Å². The van der Waals surface area contributed by atoms with E-state index in [9.17, 15) is 9.59 Å². The number of rotatable bonds is 10. The van der Waals surface area contributed by atoms with Gasteiger partial charge in [0.2, 0.25) is 5.91 Å². The molecule has 0 bridgehead atoms. The number of carbonyl (C=O) groups is 2. The SMILES string of the molecule is CCC(C)(NCC(=O)NC(C)CCCC(C)C)C(=O)O. The maximum absolute atomic E-state index is 11.8. The molecule has 3 N–H and O–H groups in total. The van der Waals surface area contributed by atoms with E-state index in [-0.39, 0.29) is 18.5 Å². The van der Waals surface area contributed by atoms with Crippen molar-refractivity contribution in [3.63, 3.8) is 0 Å². The van der Waals surface area contributed by atoms with Crippen LogP contribution in [0.4, 0.5) is 0 Å². The Labute approximate surface area is 122 Å². The van der Waals surface area contributed by atoms with E-state index in [1.54, 1.807) is 13.8 Å². The molecule has 0 spiro atoms. The minimum Gasteiger partial charge on any atom is -0.480 e. The number of nitrogens with one attached hydrogen (secondary N) is 2. The van der Waals surface area contributed by atoms with E-state index in [0.29, 0.717) is 12.3 Å². The predicted octanol–water partition coefficient (Wildman–Crippen LogP) is 2.16. The molecule has 0 fully saturated rings. The third kappa shape index (κ3) is 7.48. The molecule has 5 heteroatoms. The standard InChI is InChI=1S/C15H30N2O3/c1-6-15(5,14(19)20)16-10-13(18)17-12(4)9-7-8-11(2)3/h11-12,16H,6-10H2,1-5H3,(H,17,18)(H,19,20). The molecule has 2 atom stereocenters. The molecule has 0 aliphatic carbocycles. The van der Waals surface area contributed by atoms with Crippen LogP contribution in [0.3, 0.4) is 0 Å². The van der Waals surface area contributed by atoms with Crippen LogP contribution in [0.1, 0.15) is 60.3 Å². The lowest BCUT2D eigenvalue weighted by Crippen LogP contribution is -2.52. The molecule has 20 heavy (non-hydrogen) atoms. The molecule has 0 aromatic heterocycles. The van der Waals surface area contributed by atoms with Crippen LogP contribution in [0.5, 0.6) is 0 Å². The third-order valence-corrected chi connectivity index (χ3v) is 3.64. The molecule has 0 aliphatic rings. The quantitative estimate of drug-likeness (QED) is 0.575. The van der Waals surface area contributed by atoms with Crippen molar-refractivity contribution in [3.05, 3.63) is 0 Å².